The fourth-order valence-corrected chi connectivity index (χ4v) is 2.23. The molecule has 0 aliphatic rings. The van der Waals surface area contributed by atoms with Crippen LogP contribution < -0.4 is 5.56 Å². The lowest BCUT2D eigenvalue weighted by Crippen LogP contribution is -2.15. The van der Waals surface area contributed by atoms with E-state index < -0.39 is 17.3 Å². The summed E-state index contributed by atoms with van der Waals surface area (Å²) in [7, 11) is 0. The van der Waals surface area contributed by atoms with Gasteiger partial charge in [-0.2, -0.15) is 13.2 Å². The Hall–Kier alpha value is -2.64. The van der Waals surface area contributed by atoms with Crippen molar-refractivity contribution >= 4 is 11.2 Å². The van der Waals surface area contributed by atoms with Crippen molar-refractivity contribution in [3.05, 3.63) is 52.3 Å². The van der Waals surface area contributed by atoms with Gasteiger partial charge in [-0.1, -0.05) is 12.1 Å². The van der Waals surface area contributed by atoms with E-state index in [0.717, 1.165) is 12.4 Å². The SMILES string of the molecule is Cc1nc2nc[nH]c(=O)c2n1-c1ccccc1C(F)(F)F. The number of nitrogens with zero attached hydrogens (tertiary/aromatic N) is 3. The number of rotatable bonds is 1. The zero-order valence-corrected chi connectivity index (χ0v) is 10.8. The number of aromatic amines is 1. The summed E-state index contributed by atoms with van der Waals surface area (Å²) >= 11 is 0. The molecule has 1 aromatic carbocycles. The van der Waals surface area contributed by atoms with Crippen molar-refractivity contribution in [3.63, 3.8) is 0 Å². The summed E-state index contributed by atoms with van der Waals surface area (Å²) in [6.45, 7) is 1.52. The van der Waals surface area contributed by atoms with Gasteiger partial charge in [-0.25, -0.2) is 9.97 Å². The van der Waals surface area contributed by atoms with Gasteiger partial charge in [0, 0.05) is 0 Å². The predicted octanol–water partition coefficient (Wildman–Crippen LogP) is 2.44. The van der Waals surface area contributed by atoms with Crippen molar-refractivity contribution in [1.29, 1.82) is 0 Å². The highest BCUT2D eigenvalue weighted by Crippen LogP contribution is 2.34. The Labute approximate surface area is 116 Å². The fourth-order valence-electron chi connectivity index (χ4n) is 2.23. The third-order valence-electron chi connectivity index (χ3n) is 3.07. The van der Waals surface area contributed by atoms with E-state index >= 15 is 0 Å². The minimum Gasteiger partial charge on any atom is -0.311 e. The molecule has 0 aliphatic heterocycles. The number of halogens is 3. The molecular weight excluding hydrogens is 285 g/mol. The predicted molar refractivity (Wildman–Crippen MR) is 69.2 cm³/mol. The van der Waals surface area contributed by atoms with Crippen molar-refractivity contribution in [3.8, 4) is 5.69 Å². The number of fused-ring (bicyclic) bond motifs is 1. The first-order valence-corrected chi connectivity index (χ1v) is 5.99. The van der Waals surface area contributed by atoms with E-state index in [1.807, 2.05) is 0 Å². The summed E-state index contributed by atoms with van der Waals surface area (Å²) in [5.41, 5.74) is -1.43. The van der Waals surface area contributed by atoms with Crippen molar-refractivity contribution in [2.24, 2.45) is 0 Å². The minimum absolute atomic E-state index is 0.00769. The van der Waals surface area contributed by atoms with Crippen LogP contribution in [0.15, 0.2) is 35.4 Å². The Balaban J connectivity index is 2.43. The van der Waals surface area contributed by atoms with Crippen molar-refractivity contribution in [1.82, 2.24) is 19.5 Å². The number of H-pyrrole nitrogens is 1. The number of nitrogens with one attached hydrogen (secondary N) is 1. The topological polar surface area (TPSA) is 63.6 Å². The van der Waals surface area contributed by atoms with Gasteiger partial charge in [0.1, 0.15) is 5.82 Å². The van der Waals surface area contributed by atoms with Crippen LogP contribution in [0, 0.1) is 6.92 Å². The monoisotopic (exact) mass is 294 g/mol. The molecule has 0 unspecified atom stereocenters. The van der Waals surface area contributed by atoms with Crippen LogP contribution in [0.1, 0.15) is 11.4 Å². The van der Waals surface area contributed by atoms with Gasteiger partial charge >= 0.3 is 6.18 Å². The molecule has 108 valence electrons. The zero-order chi connectivity index (χ0) is 15.2. The first kappa shape index (κ1) is 13.3. The van der Waals surface area contributed by atoms with E-state index in [0.29, 0.717) is 0 Å². The number of aromatic nitrogens is 4. The van der Waals surface area contributed by atoms with E-state index in [2.05, 4.69) is 15.0 Å². The quantitative estimate of drug-likeness (QED) is 0.749. The highest BCUT2D eigenvalue weighted by molar-refractivity contribution is 5.73. The normalized spacial score (nSPS) is 12.0. The molecule has 3 aromatic rings. The summed E-state index contributed by atoms with van der Waals surface area (Å²) in [4.78, 5) is 22.2. The Kier molecular flexibility index (Phi) is 2.82. The van der Waals surface area contributed by atoms with Gasteiger partial charge in [0.15, 0.2) is 11.2 Å². The van der Waals surface area contributed by atoms with Gasteiger partial charge in [-0.15, -0.1) is 0 Å². The number of hydrogen-bond acceptors (Lipinski definition) is 3. The Morgan fingerprint density at radius 1 is 1.24 bits per heavy atom. The maximum Gasteiger partial charge on any atom is 0.418 e. The summed E-state index contributed by atoms with van der Waals surface area (Å²) in [6.07, 6.45) is -3.37. The van der Waals surface area contributed by atoms with Crippen LogP contribution >= 0.6 is 0 Å². The number of benzene rings is 1. The molecule has 0 atom stereocenters. The van der Waals surface area contributed by atoms with E-state index in [9.17, 15) is 18.0 Å². The Bertz CT molecular complexity index is 879. The lowest BCUT2D eigenvalue weighted by Gasteiger charge is -2.14. The minimum atomic E-state index is -4.53. The van der Waals surface area contributed by atoms with Crippen LogP contribution in [0.25, 0.3) is 16.9 Å². The summed E-state index contributed by atoms with van der Waals surface area (Å²) in [5.74, 6) is 0.255. The first-order chi connectivity index (χ1) is 9.89. The standard InChI is InChI=1S/C13H9F3N4O/c1-7-19-11-10(12(21)18-6-17-11)20(7)9-5-3-2-4-8(9)13(14,15)16/h2-6H,1H3,(H,17,18,21). The molecule has 0 saturated heterocycles. The number of aryl methyl sites for hydroxylation is 1. The summed E-state index contributed by atoms with van der Waals surface area (Å²) in [5, 5.41) is 0. The molecule has 0 radical (unpaired) electrons. The highest BCUT2D eigenvalue weighted by atomic mass is 19.4. The maximum absolute atomic E-state index is 13.1. The number of alkyl halides is 3. The molecule has 2 aromatic heterocycles. The van der Waals surface area contributed by atoms with Crippen LogP contribution in [0.5, 0.6) is 0 Å². The van der Waals surface area contributed by atoms with Crippen LogP contribution in [0.2, 0.25) is 0 Å². The van der Waals surface area contributed by atoms with Gasteiger partial charge in [0.25, 0.3) is 5.56 Å². The van der Waals surface area contributed by atoms with Crippen molar-refractivity contribution < 1.29 is 13.2 Å². The van der Waals surface area contributed by atoms with E-state index in [4.69, 9.17) is 0 Å². The molecule has 0 spiro atoms. The lowest BCUT2D eigenvalue weighted by molar-refractivity contribution is -0.137. The van der Waals surface area contributed by atoms with E-state index in [-0.39, 0.29) is 22.7 Å². The average molecular weight is 294 g/mol. The van der Waals surface area contributed by atoms with Gasteiger partial charge in [-0.05, 0) is 19.1 Å². The molecule has 3 rings (SSSR count). The third-order valence-corrected chi connectivity index (χ3v) is 3.07. The fraction of sp³-hybridized carbons (Fsp3) is 0.154. The molecule has 21 heavy (non-hydrogen) atoms. The van der Waals surface area contributed by atoms with Crippen LogP contribution in [0.3, 0.4) is 0 Å². The first-order valence-electron chi connectivity index (χ1n) is 5.99. The smallest absolute Gasteiger partial charge is 0.311 e. The lowest BCUT2D eigenvalue weighted by atomic mass is 10.1. The van der Waals surface area contributed by atoms with E-state index in [1.165, 1.54) is 29.7 Å². The van der Waals surface area contributed by atoms with Gasteiger partial charge in [0.2, 0.25) is 0 Å². The largest absolute Gasteiger partial charge is 0.418 e. The number of hydrogen-bond donors (Lipinski definition) is 1. The molecule has 1 N–H and O–H groups in total. The maximum atomic E-state index is 13.1. The second-order valence-corrected chi connectivity index (χ2v) is 4.41. The molecule has 0 amide bonds. The summed E-state index contributed by atoms with van der Waals surface area (Å²) in [6, 6.07) is 5.03. The van der Waals surface area contributed by atoms with Crippen LogP contribution in [0.4, 0.5) is 13.2 Å². The number of imidazole rings is 1. The number of para-hydroxylation sites is 1. The molecule has 5 nitrogen and oxygen atoms in total. The van der Waals surface area contributed by atoms with Crippen LogP contribution in [-0.4, -0.2) is 19.5 Å². The molecule has 2 heterocycles. The molecule has 0 aliphatic carbocycles. The summed E-state index contributed by atoms with van der Waals surface area (Å²) < 4.78 is 40.6. The van der Waals surface area contributed by atoms with Gasteiger partial charge in [-0.3, -0.25) is 9.36 Å². The molecule has 0 saturated carbocycles. The molecule has 0 fully saturated rings. The van der Waals surface area contributed by atoms with Gasteiger partial charge < -0.3 is 4.98 Å². The third kappa shape index (κ3) is 2.08. The molecular formula is C13H9F3N4O. The Morgan fingerprint density at radius 3 is 2.67 bits per heavy atom. The average Bonchev–Trinajstić information content (AvgIpc) is 2.75. The zero-order valence-electron chi connectivity index (χ0n) is 10.8. The van der Waals surface area contributed by atoms with Crippen molar-refractivity contribution in [2.75, 3.05) is 0 Å². The van der Waals surface area contributed by atoms with Crippen LogP contribution in [-0.2, 0) is 6.18 Å². The molecule has 0 bridgehead atoms. The Morgan fingerprint density at radius 2 is 1.95 bits per heavy atom. The second-order valence-electron chi connectivity index (χ2n) is 4.41. The van der Waals surface area contributed by atoms with E-state index in [1.54, 1.807) is 0 Å². The molecule has 8 heteroatoms. The van der Waals surface area contributed by atoms with Gasteiger partial charge in [0.05, 0.1) is 17.6 Å². The second kappa shape index (κ2) is 4.44. The highest BCUT2D eigenvalue weighted by Gasteiger charge is 2.34. The van der Waals surface area contributed by atoms with Crippen molar-refractivity contribution in [2.45, 2.75) is 13.1 Å².